The first-order valence-electron chi connectivity index (χ1n) is 4.62. The van der Waals surface area contributed by atoms with Gasteiger partial charge in [-0.05, 0) is 18.2 Å². The highest BCUT2D eigenvalue weighted by atomic mass is 32.2. The molecule has 0 unspecified atom stereocenters. The molecule has 0 saturated carbocycles. The maximum absolute atomic E-state index is 11.6. The molecule has 1 aromatic heterocycles. The minimum Gasteiger partial charge on any atom is -0.278 e. The van der Waals surface area contributed by atoms with E-state index in [0.717, 1.165) is 15.2 Å². The lowest BCUT2D eigenvalue weighted by atomic mass is 10.2. The normalized spacial score (nSPS) is 12.2. The van der Waals surface area contributed by atoms with Crippen LogP contribution in [0.15, 0.2) is 24.4 Å². The van der Waals surface area contributed by atoms with Crippen LogP contribution >= 0.6 is 0 Å². The van der Waals surface area contributed by atoms with E-state index in [4.69, 9.17) is 0 Å². The molecule has 2 N–H and O–H groups in total. The summed E-state index contributed by atoms with van der Waals surface area (Å²) in [5.41, 5.74) is 1.30. The van der Waals surface area contributed by atoms with Crippen molar-refractivity contribution in [3.63, 3.8) is 0 Å². The van der Waals surface area contributed by atoms with Crippen molar-refractivity contribution in [1.29, 1.82) is 0 Å². The summed E-state index contributed by atoms with van der Waals surface area (Å²) in [4.78, 5) is 0. The molecule has 0 radical (unpaired) electrons. The van der Waals surface area contributed by atoms with Crippen LogP contribution in [-0.4, -0.2) is 37.0 Å². The van der Waals surface area contributed by atoms with Crippen molar-refractivity contribution >= 4 is 26.8 Å². The second kappa shape index (κ2) is 3.76. The number of nitrogens with one attached hydrogen (secondary N) is 2. The molecule has 0 aliphatic rings. The Kier molecular flexibility index (Phi) is 2.56. The van der Waals surface area contributed by atoms with E-state index >= 15 is 0 Å². The highest BCUT2D eigenvalue weighted by Gasteiger charge is 2.12. The summed E-state index contributed by atoms with van der Waals surface area (Å²) in [6.07, 6.45) is 1.68. The molecule has 0 spiro atoms. The summed E-state index contributed by atoms with van der Waals surface area (Å²) in [5.74, 6) is 0. The van der Waals surface area contributed by atoms with E-state index in [-0.39, 0.29) is 0 Å². The number of aromatic amines is 1. The SMILES string of the molecule is CN(C)S(=O)(=O)Nc1ccc2cn[nH]c2c1. The summed E-state index contributed by atoms with van der Waals surface area (Å²) in [6.45, 7) is 0. The zero-order chi connectivity index (χ0) is 11.8. The largest absolute Gasteiger partial charge is 0.301 e. The standard InChI is InChI=1S/C9H12N4O2S/c1-13(2)16(14,15)12-8-4-3-7-6-10-11-9(7)5-8/h3-6,12H,1-2H3,(H,10,11). The summed E-state index contributed by atoms with van der Waals surface area (Å²) >= 11 is 0. The molecule has 86 valence electrons. The Morgan fingerprint density at radius 3 is 2.81 bits per heavy atom. The molecule has 0 atom stereocenters. The second-order valence-corrected chi connectivity index (χ2v) is 5.45. The highest BCUT2D eigenvalue weighted by molar-refractivity contribution is 7.90. The fraction of sp³-hybridized carbons (Fsp3) is 0.222. The third-order valence-corrected chi connectivity index (χ3v) is 3.62. The van der Waals surface area contributed by atoms with Crippen LogP contribution < -0.4 is 4.72 Å². The van der Waals surface area contributed by atoms with E-state index in [1.807, 2.05) is 0 Å². The molecule has 1 heterocycles. The van der Waals surface area contributed by atoms with E-state index < -0.39 is 10.2 Å². The fourth-order valence-corrected chi connectivity index (χ4v) is 1.85. The van der Waals surface area contributed by atoms with Crippen molar-refractivity contribution in [3.05, 3.63) is 24.4 Å². The van der Waals surface area contributed by atoms with Gasteiger partial charge in [0.15, 0.2) is 0 Å². The lowest BCUT2D eigenvalue weighted by Gasteiger charge is -2.13. The number of H-pyrrole nitrogens is 1. The zero-order valence-electron chi connectivity index (χ0n) is 8.93. The van der Waals surface area contributed by atoms with Gasteiger partial charge in [0.25, 0.3) is 0 Å². The number of nitrogens with zero attached hydrogens (tertiary/aromatic N) is 2. The Morgan fingerprint density at radius 1 is 1.38 bits per heavy atom. The molecule has 6 nitrogen and oxygen atoms in total. The number of hydrogen-bond acceptors (Lipinski definition) is 3. The monoisotopic (exact) mass is 240 g/mol. The van der Waals surface area contributed by atoms with Crippen LogP contribution in [0, 0.1) is 0 Å². The van der Waals surface area contributed by atoms with Crippen LogP contribution in [-0.2, 0) is 10.2 Å². The average Bonchev–Trinajstić information content (AvgIpc) is 2.63. The molecule has 1 aromatic carbocycles. The maximum Gasteiger partial charge on any atom is 0.301 e. The molecule has 0 amide bonds. The van der Waals surface area contributed by atoms with Crippen LogP contribution in [0.4, 0.5) is 5.69 Å². The van der Waals surface area contributed by atoms with Gasteiger partial charge in [0.1, 0.15) is 0 Å². The minimum atomic E-state index is -3.45. The molecule has 7 heteroatoms. The van der Waals surface area contributed by atoms with Gasteiger partial charge in [-0.1, -0.05) is 0 Å². The van der Waals surface area contributed by atoms with Crippen LogP contribution in [0.2, 0.25) is 0 Å². The predicted molar refractivity (Wildman–Crippen MR) is 62.3 cm³/mol. The first-order valence-corrected chi connectivity index (χ1v) is 6.06. The lowest BCUT2D eigenvalue weighted by molar-refractivity contribution is 0.527. The molecule has 16 heavy (non-hydrogen) atoms. The number of benzene rings is 1. The Labute approximate surface area is 93.4 Å². The average molecular weight is 240 g/mol. The summed E-state index contributed by atoms with van der Waals surface area (Å²) < 4.78 is 26.7. The van der Waals surface area contributed by atoms with E-state index in [1.54, 1.807) is 24.4 Å². The number of anilines is 1. The molecule has 2 aromatic rings. The quantitative estimate of drug-likeness (QED) is 0.832. The number of rotatable bonds is 3. The minimum absolute atomic E-state index is 0.505. The van der Waals surface area contributed by atoms with Crippen LogP contribution in [0.25, 0.3) is 10.9 Å². The van der Waals surface area contributed by atoms with Gasteiger partial charge in [0.2, 0.25) is 0 Å². The molecule has 2 rings (SSSR count). The van der Waals surface area contributed by atoms with Crippen LogP contribution in [0.1, 0.15) is 0 Å². The van der Waals surface area contributed by atoms with Gasteiger partial charge in [-0.2, -0.15) is 17.8 Å². The first kappa shape index (κ1) is 10.9. The van der Waals surface area contributed by atoms with Crippen molar-refractivity contribution in [2.75, 3.05) is 18.8 Å². The smallest absolute Gasteiger partial charge is 0.278 e. The first-order chi connectivity index (χ1) is 7.49. The Bertz CT molecular complexity index is 603. The Morgan fingerprint density at radius 2 is 2.12 bits per heavy atom. The molecule has 0 saturated heterocycles. The van der Waals surface area contributed by atoms with Crippen molar-refractivity contribution < 1.29 is 8.42 Å². The topological polar surface area (TPSA) is 78.1 Å². The number of aromatic nitrogens is 2. The second-order valence-electron chi connectivity index (χ2n) is 3.56. The lowest BCUT2D eigenvalue weighted by Crippen LogP contribution is -2.28. The number of hydrogen-bond donors (Lipinski definition) is 2. The van der Waals surface area contributed by atoms with Crippen molar-refractivity contribution in [3.8, 4) is 0 Å². The molecular formula is C9H12N4O2S. The maximum atomic E-state index is 11.6. The van der Waals surface area contributed by atoms with Crippen molar-refractivity contribution in [1.82, 2.24) is 14.5 Å². The Balaban J connectivity index is 2.34. The zero-order valence-corrected chi connectivity index (χ0v) is 9.75. The van der Waals surface area contributed by atoms with Crippen molar-refractivity contribution in [2.45, 2.75) is 0 Å². The van der Waals surface area contributed by atoms with Gasteiger partial charge in [0, 0.05) is 19.5 Å². The summed E-state index contributed by atoms with van der Waals surface area (Å²) in [5, 5.41) is 7.58. The molecule has 0 aliphatic heterocycles. The van der Waals surface area contributed by atoms with Gasteiger partial charge < -0.3 is 0 Å². The predicted octanol–water partition coefficient (Wildman–Crippen LogP) is 0.781. The summed E-state index contributed by atoms with van der Waals surface area (Å²) in [6, 6.07) is 5.19. The van der Waals surface area contributed by atoms with E-state index in [0.29, 0.717) is 5.69 Å². The fourth-order valence-electron chi connectivity index (χ4n) is 1.24. The van der Waals surface area contributed by atoms with Crippen molar-refractivity contribution in [2.24, 2.45) is 0 Å². The van der Waals surface area contributed by atoms with E-state index in [9.17, 15) is 8.42 Å². The third kappa shape index (κ3) is 2.00. The molecule has 0 aliphatic carbocycles. The third-order valence-electron chi connectivity index (χ3n) is 2.17. The van der Waals surface area contributed by atoms with Gasteiger partial charge >= 0.3 is 10.2 Å². The van der Waals surface area contributed by atoms with Gasteiger partial charge in [-0.25, -0.2) is 0 Å². The highest BCUT2D eigenvalue weighted by Crippen LogP contribution is 2.17. The van der Waals surface area contributed by atoms with Crippen LogP contribution in [0.5, 0.6) is 0 Å². The molecule has 0 bridgehead atoms. The van der Waals surface area contributed by atoms with Gasteiger partial charge in [-0.15, -0.1) is 0 Å². The van der Waals surface area contributed by atoms with Gasteiger partial charge in [-0.3, -0.25) is 9.82 Å². The molecule has 0 fully saturated rings. The van der Waals surface area contributed by atoms with E-state index in [1.165, 1.54) is 14.1 Å². The van der Waals surface area contributed by atoms with E-state index in [2.05, 4.69) is 14.9 Å². The van der Waals surface area contributed by atoms with Gasteiger partial charge in [0.05, 0.1) is 17.4 Å². The summed E-state index contributed by atoms with van der Waals surface area (Å²) in [7, 11) is -0.515. The van der Waals surface area contributed by atoms with Crippen LogP contribution in [0.3, 0.4) is 0 Å². The number of fused-ring (bicyclic) bond motifs is 1. The Hall–Kier alpha value is -1.60. The molecular weight excluding hydrogens is 228 g/mol.